The van der Waals surface area contributed by atoms with Crippen molar-refractivity contribution in [1.82, 2.24) is 25.0 Å². The van der Waals surface area contributed by atoms with Gasteiger partial charge >= 0.3 is 0 Å². The summed E-state index contributed by atoms with van der Waals surface area (Å²) >= 11 is 0. The first-order valence-electron chi connectivity index (χ1n) is 9.30. The second-order valence-corrected chi connectivity index (χ2v) is 6.86. The van der Waals surface area contributed by atoms with Crippen LogP contribution < -0.4 is 10.6 Å². The van der Waals surface area contributed by atoms with Gasteiger partial charge in [0.15, 0.2) is 0 Å². The highest BCUT2D eigenvalue weighted by Crippen LogP contribution is 2.26. The van der Waals surface area contributed by atoms with E-state index in [2.05, 4.69) is 67.6 Å². The number of aromatic nitrogens is 3. The molecule has 1 fully saturated rings. The summed E-state index contributed by atoms with van der Waals surface area (Å²) in [5.74, 6) is 0. The van der Waals surface area contributed by atoms with E-state index in [1.807, 2.05) is 18.3 Å². The molecule has 3 aromatic heterocycles. The molecule has 5 rings (SSSR count). The quantitative estimate of drug-likeness (QED) is 0.592. The molecule has 0 saturated carbocycles. The molecule has 4 aromatic rings. The van der Waals surface area contributed by atoms with E-state index < -0.39 is 0 Å². The van der Waals surface area contributed by atoms with Crippen molar-refractivity contribution in [1.29, 1.82) is 0 Å². The van der Waals surface area contributed by atoms with Crippen LogP contribution in [0, 0.1) is 0 Å². The monoisotopic (exact) mass is 355 g/mol. The van der Waals surface area contributed by atoms with Crippen LogP contribution in [0.5, 0.6) is 0 Å². The number of fused-ring (bicyclic) bond motifs is 1. The van der Waals surface area contributed by atoms with Crippen molar-refractivity contribution in [2.45, 2.75) is 6.04 Å². The highest BCUT2D eigenvalue weighted by molar-refractivity contribution is 5.70. The first kappa shape index (κ1) is 16.2. The summed E-state index contributed by atoms with van der Waals surface area (Å²) in [5.41, 5.74) is 6.84. The van der Waals surface area contributed by atoms with E-state index in [0.717, 1.165) is 36.5 Å². The maximum absolute atomic E-state index is 4.60. The number of imidazole rings is 1. The number of hydrogen-bond donors (Lipinski definition) is 2. The average Bonchev–Trinajstić information content (AvgIpc) is 3.18. The maximum atomic E-state index is 4.60. The van der Waals surface area contributed by atoms with Gasteiger partial charge < -0.3 is 10.6 Å². The van der Waals surface area contributed by atoms with E-state index in [0.29, 0.717) is 6.04 Å². The van der Waals surface area contributed by atoms with Crippen molar-refractivity contribution in [3.63, 3.8) is 0 Å². The smallest absolute Gasteiger partial charge is 0.137 e. The Kier molecular flexibility index (Phi) is 4.16. The van der Waals surface area contributed by atoms with Crippen molar-refractivity contribution in [3.8, 4) is 22.4 Å². The third-order valence-corrected chi connectivity index (χ3v) is 5.18. The largest absolute Gasteiger partial charge is 0.314 e. The fraction of sp³-hybridized carbons (Fsp3) is 0.182. The van der Waals surface area contributed by atoms with Gasteiger partial charge in [-0.1, -0.05) is 24.3 Å². The number of pyridine rings is 2. The number of nitrogens with one attached hydrogen (secondary N) is 2. The van der Waals surface area contributed by atoms with Crippen LogP contribution in [0.25, 0.3) is 28.0 Å². The lowest BCUT2D eigenvalue weighted by atomic mass is 10.0. The summed E-state index contributed by atoms with van der Waals surface area (Å²) in [6.45, 7) is 3.04. The fourth-order valence-corrected chi connectivity index (χ4v) is 3.69. The van der Waals surface area contributed by atoms with Crippen molar-refractivity contribution in [2.24, 2.45) is 0 Å². The average molecular weight is 355 g/mol. The Morgan fingerprint density at radius 3 is 2.52 bits per heavy atom. The number of benzene rings is 1. The molecule has 5 heteroatoms. The van der Waals surface area contributed by atoms with E-state index in [9.17, 15) is 0 Å². The molecule has 134 valence electrons. The second kappa shape index (κ2) is 6.95. The lowest BCUT2D eigenvalue weighted by molar-refractivity contribution is 0.430. The Hall–Kier alpha value is -3.02. The normalized spacial score (nSPS) is 17.3. The molecule has 5 nitrogen and oxygen atoms in total. The van der Waals surface area contributed by atoms with Gasteiger partial charge in [0.2, 0.25) is 0 Å². The predicted octanol–water partition coefficient (Wildman–Crippen LogP) is 3.30. The third-order valence-electron chi connectivity index (χ3n) is 5.18. The van der Waals surface area contributed by atoms with Gasteiger partial charge in [0.1, 0.15) is 5.65 Å². The molecule has 1 saturated heterocycles. The van der Waals surface area contributed by atoms with Crippen LogP contribution >= 0.6 is 0 Å². The molecular weight excluding hydrogens is 334 g/mol. The Labute approximate surface area is 158 Å². The Morgan fingerprint density at radius 2 is 1.74 bits per heavy atom. The van der Waals surface area contributed by atoms with Gasteiger partial charge in [0.05, 0.1) is 11.9 Å². The molecule has 1 aliphatic heterocycles. The van der Waals surface area contributed by atoms with Gasteiger partial charge in [-0.25, -0.2) is 4.98 Å². The Balaban J connectivity index is 1.45. The fourth-order valence-electron chi connectivity index (χ4n) is 3.69. The van der Waals surface area contributed by atoms with Crippen LogP contribution in [-0.2, 0) is 0 Å². The molecule has 1 atom stereocenters. The second-order valence-electron chi connectivity index (χ2n) is 6.86. The highest BCUT2D eigenvalue weighted by atomic mass is 15.1. The first-order valence-corrected chi connectivity index (χ1v) is 9.30. The minimum absolute atomic E-state index is 0.394. The van der Waals surface area contributed by atoms with Crippen LogP contribution in [-0.4, -0.2) is 34.0 Å². The van der Waals surface area contributed by atoms with Crippen LogP contribution in [0.15, 0.2) is 73.3 Å². The molecule has 2 N–H and O–H groups in total. The van der Waals surface area contributed by atoms with Gasteiger partial charge in [-0.15, -0.1) is 0 Å². The minimum atomic E-state index is 0.394. The molecule has 0 spiro atoms. The summed E-state index contributed by atoms with van der Waals surface area (Å²) in [6.07, 6.45) is 7.62. The zero-order valence-electron chi connectivity index (χ0n) is 15.0. The summed E-state index contributed by atoms with van der Waals surface area (Å²) in [4.78, 5) is 8.69. The Morgan fingerprint density at radius 1 is 0.889 bits per heavy atom. The molecule has 27 heavy (non-hydrogen) atoms. The summed E-state index contributed by atoms with van der Waals surface area (Å²) in [5, 5.41) is 6.99. The number of rotatable bonds is 3. The zero-order valence-corrected chi connectivity index (χ0v) is 15.0. The van der Waals surface area contributed by atoms with Crippen LogP contribution in [0.1, 0.15) is 11.6 Å². The van der Waals surface area contributed by atoms with Crippen LogP contribution in [0.4, 0.5) is 0 Å². The van der Waals surface area contributed by atoms with Gasteiger partial charge in [0.25, 0.3) is 0 Å². The number of piperazine rings is 1. The molecule has 0 amide bonds. The molecule has 4 heterocycles. The maximum Gasteiger partial charge on any atom is 0.137 e. The lowest BCUT2D eigenvalue weighted by Crippen LogP contribution is -2.42. The van der Waals surface area contributed by atoms with E-state index in [4.69, 9.17) is 0 Å². The lowest BCUT2D eigenvalue weighted by Gasteiger charge is -2.25. The number of nitrogens with zero attached hydrogens (tertiary/aromatic N) is 3. The predicted molar refractivity (Wildman–Crippen MR) is 107 cm³/mol. The standard InChI is InChI=1S/C22H21N5/c1-3-17(20-14-24-10-11-25-20)4-2-16(1)19-7-12-27-21(15-26-22(27)13-19)18-5-8-23-9-6-18/h1-9,12-13,15,20,24-25H,10-11,14H2. The van der Waals surface area contributed by atoms with Crippen molar-refractivity contribution in [3.05, 3.63) is 78.9 Å². The summed E-state index contributed by atoms with van der Waals surface area (Å²) < 4.78 is 2.12. The topological polar surface area (TPSA) is 54.2 Å². The van der Waals surface area contributed by atoms with E-state index in [1.165, 1.54) is 16.7 Å². The van der Waals surface area contributed by atoms with E-state index in [1.54, 1.807) is 12.4 Å². The van der Waals surface area contributed by atoms with Crippen molar-refractivity contribution in [2.75, 3.05) is 19.6 Å². The van der Waals surface area contributed by atoms with E-state index in [-0.39, 0.29) is 0 Å². The molecule has 1 aromatic carbocycles. The summed E-state index contributed by atoms with van der Waals surface area (Å²) in [7, 11) is 0. The van der Waals surface area contributed by atoms with Crippen LogP contribution in [0.2, 0.25) is 0 Å². The molecular formula is C22H21N5. The van der Waals surface area contributed by atoms with Crippen LogP contribution in [0.3, 0.4) is 0 Å². The van der Waals surface area contributed by atoms with Crippen molar-refractivity contribution < 1.29 is 0 Å². The minimum Gasteiger partial charge on any atom is -0.314 e. The van der Waals surface area contributed by atoms with Gasteiger partial charge in [0, 0.05) is 49.8 Å². The zero-order chi connectivity index (χ0) is 18.1. The molecule has 0 radical (unpaired) electrons. The highest BCUT2D eigenvalue weighted by Gasteiger charge is 2.14. The van der Waals surface area contributed by atoms with Gasteiger partial charge in [-0.2, -0.15) is 0 Å². The van der Waals surface area contributed by atoms with Gasteiger partial charge in [-0.05, 0) is 41.0 Å². The van der Waals surface area contributed by atoms with Crippen molar-refractivity contribution >= 4 is 5.65 Å². The molecule has 1 unspecified atom stereocenters. The molecule has 0 bridgehead atoms. The number of hydrogen-bond acceptors (Lipinski definition) is 4. The van der Waals surface area contributed by atoms with E-state index >= 15 is 0 Å². The molecule has 0 aliphatic carbocycles. The summed E-state index contributed by atoms with van der Waals surface area (Å²) in [6, 6.07) is 17.5. The SMILES string of the molecule is c1cc(-c2cnc3cc(-c4ccc(C5CNCCN5)cc4)ccn23)ccn1. The molecule has 1 aliphatic rings. The third kappa shape index (κ3) is 3.12. The first-order chi connectivity index (χ1) is 13.4. The Bertz CT molecular complexity index is 1050. The van der Waals surface area contributed by atoms with Gasteiger partial charge in [-0.3, -0.25) is 9.38 Å².